The third-order valence-corrected chi connectivity index (χ3v) is 3.72. The number of aromatic nitrogens is 1. The maximum absolute atomic E-state index is 11.2. The van der Waals surface area contributed by atoms with Crippen LogP contribution in [0.15, 0.2) is 15.9 Å². The monoisotopic (exact) mass is 259 g/mol. The molecule has 0 unspecified atom stereocenters. The lowest BCUT2D eigenvalue weighted by atomic mass is 10.4. The Morgan fingerprint density at radius 3 is 3.08 bits per heavy atom. The topological polar surface area (TPSA) is 42.1 Å². The van der Waals surface area contributed by atoms with Gasteiger partial charge in [-0.25, -0.2) is 4.79 Å². The second-order valence-corrected chi connectivity index (χ2v) is 4.18. The van der Waals surface area contributed by atoms with Crippen LogP contribution >= 0.6 is 27.3 Å². The summed E-state index contributed by atoms with van der Waals surface area (Å²) in [5, 5.41) is 1.97. The summed E-state index contributed by atoms with van der Waals surface area (Å²) in [6, 6.07) is 1.93. The lowest BCUT2D eigenvalue weighted by Gasteiger charge is -1.94. The van der Waals surface area contributed by atoms with Crippen LogP contribution in [0.5, 0.6) is 0 Å². The molecule has 0 amide bonds. The number of carbonyl (C=O) groups is 1. The van der Waals surface area contributed by atoms with Crippen LogP contribution in [0, 0.1) is 0 Å². The molecule has 0 saturated heterocycles. The molecule has 1 N–H and O–H groups in total. The van der Waals surface area contributed by atoms with Gasteiger partial charge in [-0.05, 0) is 27.4 Å². The third-order valence-electron chi connectivity index (χ3n) is 1.73. The van der Waals surface area contributed by atoms with Gasteiger partial charge in [0.05, 0.1) is 21.8 Å². The predicted octanol–water partition coefficient (Wildman–Crippen LogP) is 2.78. The van der Waals surface area contributed by atoms with Crippen molar-refractivity contribution in [1.29, 1.82) is 0 Å². The van der Waals surface area contributed by atoms with E-state index in [0.717, 1.165) is 14.7 Å². The van der Waals surface area contributed by atoms with Crippen LogP contribution in [0.1, 0.15) is 10.5 Å². The van der Waals surface area contributed by atoms with Gasteiger partial charge in [0, 0.05) is 0 Å². The lowest BCUT2D eigenvalue weighted by Crippen LogP contribution is -2.01. The van der Waals surface area contributed by atoms with Gasteiger partial charge in [-0.1, -0.05) is 0 Å². The van der Waals surface area contributed by atoms with E-state index in [2.05, 4.69) is 25.7 Å². The number of carbonyl (C=O) groups excluding carboxylic acids is 1. The number of esters is 1. The molecule has 2 aromatic heterocycles. The number of nitrogens with one attached hydrogen (secondary N) is 1. The molecule has 0 radical (unpaired) electrons. The average molecular weight is 260 g/mol. The van der Waals surface area contributed by atoms with Crippen molar-refractivity contribution < 1.29 is 9.53 Å². The van der Waals surface area contributed by atoms with Crippen LogP contribution in [-0.4, -0.2) is 18.1 Å². The molecule has 0 aliphatic carbocycles. The average Bonchev–Trinajstić information content (AvgIpc) is 2.68. The normalized spacial score (nSPS) is 10.6. The van der Waals surface area contributed by atoms with E-state index >= 15 is 0 Å². The zero-order valence-electron chi connectivity index (χ0n) is 6.76. The standard InChI is InChI=1S/C8H6BrNO2S/c1-12-8(11)6-5(9)7-4(10-6)2-3-13-7/h2-3,10H,1H3. The summed E-state index contributed by atoms with van der Waals surface area (Å²) in [5.74, 6) is -0.352. The Morgan fingerprint density at radius 1 is 1.69 bits per heavy atom. The molecule has 0 aliphatic heterocycles. The molecule has 0 fully saturated rings. The van der Waals surface area contributed by atoms with Crippen molar-refractivity contribution in [3.05, 3.63) is 21.6 Å². The summed E-state index contributed by atoms with van der Waals surface area (Å²) in [6.07, 6.45) is 0. The van der Waals surface area contributed by atoms with E-state index < -0.39 is 0 Å². The molecule has 5 heteroatoms. The van der Waals surface area contributed by atoms with Crippen LogP contribution in [-0.2, 0) is 4.74 Å². The first-order valence-corrected chi connectivity index (χ1v) is 5.24. The first kappa shape index (κ1) is 8.77. The van der Waals surface area contributed by atoms with Gasteiger partial charge >= 0.3 is 5.97 Å². The number of hydrogen-bond acceptors (Lipinski definition) is 3. The van der Waals surface area contributed by atoms with Crippen molar-refractivity contribution in [2.24, 2.45) is 0 Å². The van der Waals surface area contributed by atoms with Crippen molar-refractivity contribution in [3.63, 3.8) is 0 Å². The quantitative estimate of drug-likeness (QED) is 0.801. The van der Waals surface area contributed by atoms with Gasteiger partial charge in [-0.15, -0.1) is 11.3 Å². The van der Waals surface area contributed by atoms with Gasteiger partial charge < -0.3 is 9.72 Å². The van der Waals surface area contributed by atoms with E-state index in [4.69, 9.17) is 0 Å². The fourth-order valence-electron chi connectivity index (χ4n) is 1.12. The fourth-order valence-corrected chi connectivity index (χ4v) is 2.67. The first-order chi connectivity index (χ1) is 6.24. The summed E-state index contributed by atoms with van der Waals surface area (Å²) in [7, 11) is 1.36. The largest absolute Gasteiger partial charge is 0.464 e. The highest BCUT2D eigenvalue weighted by Gasteiger charge is 2.16. The molecule has 13 heavy (non-hydrogen) atoms. The summed E-state index contributed by atoms with van der Waals surface area (Å²) >= 11 is 4.93. The highest BCUT2D eigenvalue weighted by molar-refractivity contribution is 9.10. The second kappa shape index (κ2) is 3.16. The molecule has 2 heterocycles. The second-order valence-electron chi connectivity index (χ2n) is 2.47. The molecule has 2 rings (SSSR count). The number of methoxy groups -OCH3 is 1. The molecular formula is C8H6BrNO2S. The molecule has 0 atom stereocenters. The first-order valence-electron chi connectivity index (χ1n) is 3.57. The fraction of sp³-hybridized carbons (Fsp3) is 0.125. The van der Waals surface area contributed by atoms with Crippen molar-refractivity contribution in [3.8, 4) is 0 Å². The van der Waals surface area contributed by atoms with Crippen LogP contribution < -0.4 is 0 Å². The summed E-state index contributed by atoms with van der Waals surface area (Å²) in [6.45, 7) is 0. The minimum atomic E-state index is -0.352. The minimum absolute atomic E-state index is 0.352. The predicted molar refractivity (Wildman–Crippen MR) is 55.2 cm³/mol. The number of fused-ring (bicyclic) bond motifs is 1. The summed E-state index contributed by atoms with van der Waals surface area (Å²) < 4.78 is 6.44. The minimum Gasteiger partial charge on any atom is -0.464 e. The highest BCUT2D eigenvalue weighted by Crippen LogP contribution is 2.32. The highest BCUT2D eigenvalue weighted by atomic mass is 79.9. The molecule has 0 aliphatic rings. The number of hydrogen-bond donors (Lipinski definition) is 1. The van der Waals surface area contributed by atoms with Crippen LogP contribution in [0.4, 0.5) is 0 Å². The van der Waals surface area contributed by atoms with E-state index in [9.17, 15) is 4.79 Å². The van der Waals surface area contributed by atoms with Crippen LogP contribution in [0.2, 0.25) is 0 Å². The van der Waals surface area contributed by atoms with Crippen LogP contribution in [0.3, 0.4) is 0 Å². The number of aromatic amines is 1. The third kappa shape index (κ3) is 1.28. The molecule has 68 valence electrons. The number of ether oxygens (including phenoxy) is 1. The van der Waals surface area contributed by atoms with Gasteiger partial charge in [-0.2, -0.15) is 0 Å². The van der Waals surface area contributed by atoms with Gasteiger partial charge in [0.25, 0.3) is 0 Å². The van der Waals surface area contributed by atoms with E-state index in [-0.39, 0.29) is 5.97 Å². The Kier molecular flexibility index (Phi) is 2.13. The maximum atomic E-state index is 11.2. The van der Waals surface area contributed by atoms with Crippen LogP contribution in [0.25, 0.3) is 10.2 Å². The van der Waals surface area contributed by atoms with Crippen molar-refractivity contribution >= 4 is 43.5 Å². The summed E-state index contributed by atoms with van der Waals surface area (Å²) in [5.41, 5.74) is 1.43. The van der Waals surface area contributed by atoms with Gasteiger partial charge in [0.2, 0.25) is 0 Å². The number of halogens is 1. The number of rotatable bonds is 1. The zero-order chi connectivity index (χ0) is 9.42. The van der Waals surface area contributed by atoms with Gasteiger partial charge in [-0.3, -0.25) is 0 Å². The summed E-state index contributed by atoms with van der Waals surface area (Å²) in [4.78, 5) is 14.2. The van der Waals surface area contributed by atoms with E-state index in [0.29, 0.717) is 5.69 Å². The molecule has 0 saturated carbocycles. The van der Waals surface area contributed by atoms with Crippen molar-refractivity contribution in [2.45, 2.75) is 0 Å². The van der Waals surface area contributed by atoms with Crippen molar-refractivity contribution in [1.82, 2.24) is 4.98 Å². The molecule has 0 bridgehead atoms. The molecular weight excluding hydrogens is 254 g/mol. The molecule has 2 aromatic rings. The molecule has 3 nitrogen and oxygen atoms in total. The van der Waals surface area contributed by atoms with Crippen molar-refractivity contribution in [2.75, 3.05) is 7.11 Å². The Morgan fingerprint density at radius 2 is 2.46 bits per heavy atom. The van der Waals surface area contributed by atoms with E-state index in [1.165, 1.54) is 7.11 Å². The van der Waals surface area contributed by atoms with Gasteiger partial charge in [0.1, 0.15) is 5.69 Å². The Bertz CT molecular complexity index is 460. The number of thiophene rings is 1. The van der Waals surface area contributed by atoms with E-state index in [1.54, 1.807) is 11.3 Å². The SMILES string of the molecule is COC(=O)c1[nH]c2ccsc2c1Br. The van der Waals surface area contributed by atoms with Gasteiger partial charge in [0.15, 0.2) is 0 Å². The Balaban J connectivity index is 2.64. The Labute approximate surface area is 86.8 Å². The number of H-pyrrole nitrogens is 1. The van der Waals surface area contributed by atoms with E-state index in [1.807, 2.05) is 11.4 Å². The Hall–Kier alpha value is -0.810. The molecule has 0 spiro atoms. The lowest BCUT2D eigenvalue weighted by molar-refractivity contribution is 0.0594. The molecule has 0 aromatic carbocycles. The zero-order valence-corrected chi connectivity index (χ0v) is 9.16. The smallest absolute Gasteiger partial charge is 0.355 e. The maximum Gasteiger partial charge on any atom is 0.355 e.